The van der Waals surface area contributed by atoms with Crippen molar-refractivity contribution < 1.29 is 22.3 Å². The number of rotatable bonds is 4. The smallest absolute Gasteiger partial charge is 0.355 e. The Morgan fingerprint density at radius 2 is 1.80 bits per heavy atom. The number of aliphatic hydroxyl groups is 1. The predicted octanol–water partition coefficient (Wildman–Crippen LogP) is 1.14. The van der Waals surface area contributed by atoms with Gasteiger partial charge in [-0.2, -0.15) is 8.78 Å². The van der Waals surface area contributed by atoms with Crippen molar-refractivity contribution in [3.05, 3.63) is 29.8 Å². The minimum Gasteiger partial charge on any atom is -0.392 e. The molecule has 0 heterocycles. The maximum Gasteiger partial charge on any atom is 0.355 e. The lowest BCUT2D eigenvalue weighted by Gasteiger charge is -2.06. The van der Waals surface area contributed by atoms with Crippen LogP contribution in [-0.4, -0.2) is 19.3 Å². The number of sulfonamides is 1. The minimum atomic E-state index is -4.62. The third-order valence-corrected chi connectivity index (χ3v) is 2.62. The van der Waals surface area contributed by atoms with Gasteiger partial charge in [0.25, 0.3) is 10.0 Å². The maximum absolute atomic E-state index is 12.0. The van der Waals surface area contributed by atoms with Gasteiger partial charge in [-0.1, -0.05) is 12.1 Å². The van der Waals surface area contributed by atoms with Crippen molar-refractivity contribution >= 4 is 15.7 Å². The van der Waals surface area contributed by atoms with Gasteiger partial charge in [-0.15, -0.1) is 0 Å². The van der Waals surface area contributed by atoms with Crippen LogP contribution in [0.1, 0.15) is 5.56 Å². The predicted molar refractivity (Wildman–Crippen MR) is 50.9 cm³/mol. The Labute approximate surface area is 85.6 Å². The molecule has 2 N–H and O–H groups in total. The number of hydrogen-bond donors (Lipinski definition) is 2. The van der Waals surface area contributed by atoms with Crippen LogP contribution in [0.2, 0.25) is 0 Å². The molecular weight excluding hydrogens is 228 g/mol. The molecule has 1 rings (SSSR count). The van der Waals surface area contributed by atoms with Crippen LogP contribution in [0, 0.1) is 0 Å². The molecule has 0 unspecified atom stereocenters. The van der Waals surface area contributed by atoms with Crippen molar-refractivity contribution in [1.82, 2.24) is 0 Å². The summed E-state index contributed by atoms with van der Waals surface area (Å²) in [5.74, 6) is -3.46. The molecule has 1 aromatic rings. The summed E-state index contributed by atoms with van der Waals surface area (Å²) in [7, 11) is -4.62. The van der Waals surface area contributed by atoms with Crippen LogP contribution < -0.4 is 4.72 Å². The van der Waals surface area contributed by atoms with Gasteiger partial charge < -0.3 is 5.11 Å². The zero-order chi connectivity index (χ0) is 11.5. The Balaban J connectivity index is 2.82. The van der Waals surface area contributed by atoms with E-state index in [1.807, 2.05) is 0 Å². The Morgan fingerprint density at radius 1 is 1.27 bits per heavy atom. The highest BCUT2D eigenvalue weighted by Crippen LogP contribution is 2.14. The Hall–Kier alpha value is -1.21. The average Bonchev–Trinajstić information content (AvgIpc) is 2.18. The summed E-state index contributed by atoms with van der Waals surface area (Å²) in [5, 5.41) is 8.69. The monoisotopic (exact) mass is 237 g/mol. The second-order valence-electron chi connectivity index (χ2n) is 2.76. The second kappa shape index (κ2) is 4.54. The number of benzene rings is 1. The SMILES string of the molecule is O=S(=O)(Nc1ccc(CO)cc1)C(F)F. The van der Waals surface area contributed by atoms with E-state index < -0.39 is 15.8 Å². The number of aliphatic hydroxyl groups excluding tert-OH is 1. The van der Waals surface area contributed by atoms with Crippen molar-refractivity contribution in [2.75, 3.05) is 4.72 Å². The van der Waals surface area contributed by atoms with Gasteiger partial charge >= 0.3 is 5.76 Å². The molecule has 7 heteroatoms. The molecule has 0 spiro atoms. The molecule has 1 aromatic carbocycles. The fraction of sp³-hybridized carbons (Fsp3) is 0.250. The fourth-order valence-electron chi connectivity index (χ4n) is 0.887. The molecule has 0 bridgehead atoms. The van der Waals surface area contributed by atoms with Crippen molar-refractivity contribution in [2.24, 2.45) is 0 Å². The maximum atomic E-state index is 12.0. The molecule has 15 heavy (non-hydrogen) atoms. The Morgan fingerprint density at radius 3 is 2.20 bits per heavy atom. The van der Waals surface area contributed by atoms with Crippen LogP contribution in [0.5, 0.6) is 0 Å². The van der Waals surface area contributed by atoms with Gasteiger partial charge in [0.1, 0.15) is 0 Å². The summed E-state index contributed by atoms with van der Waals surface area (Å²) in [6.45, 7) is -0.193. The standard InChI is InChI=1S/C8H9F2NO3S/c9-8(10)15(13,14)11-7-3-1-6(5-12)2-4-7/h1-4,8,11-12H,5H2. The molecule has 0 aliphatic rings. The summed E-state index contributed by atoms with van der Waals surface area (Å²) >= 11 is 0. The zero-order valence-corrected chi connectivity index (χ0v) is 8.34. The molecule has 84 valence electrons. The zero-order valence-electron chi connectivity index (χ0n) is 7.52. The number of nitrogens with one attached hydrogen (secondary N) is 1. The van der Waals surface area contributed by atoms with E-state index in [9.17, 15) is 17.2 Å². The van der Waals surface area contributed by atoms with E-state index in [2.05, 4.69) is 0 Å². The van der Waals surface area contributed by atoms with Crippen LogP contribution in [0.25, 0.3) is 0 Å². The van der Waals surface area contributed by atoms with E-state index in [-0.39, 0.29) is 12.3 Å². The lowest BCUT2D eigenvalue weighted by atomic mass is 10.2. The largest absolute Gasteiger partial charge is 0.392 e. The van der Waals surface area contributed by atoms with E-state index >= 15 is 0 Å². The Kier molecular flexibility index (Phi) is 3.59. The third kappa shape index (κ3) is 3.14. The highest BCUT2D eigenvalue weighted by molar-refractivity contribution is 7.93. The lowest BCUT2D eigenvalue weighted by Crippen LogP contribution is -2.20. The Bertz CT molecular complexity index is 416. The first-order valence-corrected chi connectivity index (χ1v) is 5.50. The van der Waals surface area contributed by atoms with Crippen LogP contribution in [0.15, 0.2) is 24.3 Å². The van der Waals surface area contributed by atoms with Crippen LogP contribution >= 0.6 is 0 Å². The van der Waals surface area contributed by atoms with Crippen LogP contribution in [-0.2, 0) is 16.6 Å². The lowest BCUT2D eigenvalue weighted by molar-refractivity contribution is 0.236. The molecule has 0 aliphatic carbocycles. The van der Waals surface area contributed by atoms with Crippen LogP contribution in [0.3, 0.4) is 0 Å². The van der Waals surface area contributed by atoms with E-state index in [1.54, 1.807) is 4.72 Å². The average molecular weight is 237 g/mol. The van der Waals surface area contributed by atoms with Gasteiger partial charge in [-0.05, 0) is 17.7 Å². The quantitative estimate of drug-likeness (QED) is 0.825. The minimum absolute atomic E-state index is 0.0347. The van der Waals surface area contributed by atoms with E-state index in [1.165, 1.54) is 24.3 Å². The molecule has 0 radical (unpaired) electrons. The van der Waals surface area contributed by atoms with Gasteiger partial charge in [0.15, 0.2) is 0 Å². The van der Waals surface area contributed by atoms with Crippen molar-refractivity contribution in [3.63, 3.8) is 0 Å². The molecule has 0 saturated carbocycles. The first-order chi connectivity index (χ1) is 6.95. The van der Waals surface area contributed by atoms with Crippen molar-refractivity contribution in [1.29, 1.82) is 0 Å². The molecular formula is C8H9F2NO3S. The molecule has 0 fully saturated rings. The van der Waals surface area contributed by atoms with E-state index in [4.69, 9.17) is 5.11 Å². The second-order valence-corrected chi connectivity index (χ2v) is 4.41. The summed E-state index contributed by atoms with van der Waals surface area (Å²) in [4.78, 5) is 0. The number of anilines is 1. The van der Waals surface area contributed by atoms with E-state index in [0.717, 1.165) is 0 Å². The molecule has 0 saturated heterocycles. The summed E-state index contributed by atoms with van der Waals surface area (Å²) < 4.78 is 47.1. The van der Waals surface area contributed by atoms with Crippen molar-refractivity contribution in [3.8, 4) is 0 Å². The van der Waals surface area contributed by atoms with E-state index in [0.29, 0.717) is 5.56 Å². The number of hydrogen-bond acceptors (Lipinski definition) is 3. The number of alkyl halides is 2. The van der Waals surface area contributed by atoms with Gasteiger partial charge in [0.2, 0.25) is 0 Å². The third-order valence-electron chi connectivity index (χ3n) is 1.63. The first-order valence-electron chi connectivity index (χ1n) is 3.95. The molecule has 0 amide bonds. The summed E-state index contributed by atoms with van der Waals surface area (Å²) in [5.41, 5.74) is 0.600. The molecule has 4 nitrogen and oxygen atoms in total. The summed E-state index contributed by atoms with van der Waals surface area (Å²) in [6.07, 6.45) is 0. The van der Waals surface area contributed by atoms with Gasteiger partial charge in [-0.3, -0.25) is 4.72 Å². The molecule has 0 aliphatic heterocycles. The van der Waals surface area contributed by atoms with Crippen molar-refractivity contribution in [2.45, 2.75) is 12.4 Å². The molecule has 0 aromatic heterocycles. The normalized spacial score (nSPS) is 11.7. The van der Waals surface area contributed by atoms with Gasteiger partial charge in [-0.25, -0.2) is 8.42 Å². The van der Waals surface area contributed by atoms with Crippen LogP contribution in [0.4, 0.5) is 14.5 Å². The topological polar surface area (TPSA) is 66.4 Å². The fourth-order valence-corrected chi connectivity index (χ4v) is 1.44. The highest BCUT2D eigenvalue weighted by Gasteiger charge is 2.23. The highest BCUT2D eigenvalue weighted by atomic mass is 32.2. The summed E-state index contributed by atoms with van der Waals surface area (Å²) in [6, 6.07) is 5.46. The van der Waals surface area contributed by atoms with Gasteiger partial charge in [0.05, 0.1) is 6.61 Å². The van der Waals surface area contributed by atoms with Gasteiger partial charge in [0, 0.05) is 5.69 Å². The number of halogens is 2. The molecule has 0 atom stereocenters. The first kappa shape index (κ1) is 11.9.